The van der Waals surface area contributed by atoms with Gasteiger partial charge in [0, 0.05) is 11.8 Å². The van der Waals surface area contributed by atoms with Crippen molar-refractivity contribution in [3.8, 4) is 0 Å². The van der Waals surface area contributed by atoms with Crippen LogP contribution in [0.3, 0.4) is 0 Å². The molecule has 0 radical (unpaired) electrons. The molecule has 72 valence electrons. The maximum Gasteiger partial charge on any atom is 0.116 e. The highest BCUT2D eigenvalue weighted by molar-refractivity contribution is 5.94. The number of hydrogen-bond donors (Lipinski definition) is 0. The highest BCUT2D eigenvalue weighted by Gasteiger charge is 2.07. The number of allylic oxidation sites excluding steroid dienone is 1. The summed E-state index contributed by atoms with van der Waals surface area (Å²) in [6.45, 7) is 0. The standard InChI is InChI=1S/C13H9NO/c1-2-4-11-10(3-1)5-7-14-13-9-15-8-6-12(11)13/h1-9H. The minimum atomic E-state index is 0.874. The molecule has 1 aromatic rings. The quantitative estimate of drug-likeness (QED) is 0.607. The number of aliphatic imine (C=N–C) groups is 1. The minimum absolute atomic E-state index is 0.874. The molecule has 0 fully saturated rings. The Bertz CT molecular complexity index is 606. The molecule has 3 rings (SSSR count). The van der Waals surface area contributed by atoms with Gasteiger partial charge >= 0.3 is 0 Å². The second-order valence-electron chi connectivity index (χ2n) is 3.39. The lowest BCUT2D eigenvalue weighted by Crippen LogP contribution is -2.26. The van der Waals surface area contributed by atoms with Crippen molar-refractivity contribution in [2.75, 3.05) is 0 Å². The van der Waals surface area contributed by atoms with Crippen LogP contribution in [-0.4, -0.2) is 6.21 Å². The monoisotopic (exact) mass is 195 g/mol. The highest BCUT2D eigenvalue weighted by Crippen LogP contribution is 2.17. The van der Waals surface area contributed by atoms with E-state index in [-0.39, 0.29) is 0 Å². The normalized spacial score (nSPS) is 16.8. The molecule has 2 nitrogen and oxygen atoms in total. The van der Waals surface area contributed by atoms with Gasteiger partial charge in [-0.05, 0) is 22.6 Å². The van der Waals surface area contributed by atoms with E-state index < -0.39 is 0 Å². The molecular formula is C13H9NO. The minimum Gasteiger partial charge on any atom is -0.470 e. The van der Waals surface area contributed by atoms with E-state index in [1.807, 2.05) is 24.3 Å². The van der Waals surface area contributed by atoms with Crippen molar-refractivity contribution in [3.63, 3.8) is 0 Å². The van der Waals surface area contributed by atoms with Crippen LogP contribution in [0.25, 0.3) is 11.6 Å². The first-order chi connectivity index (χ1) is 7.45. The summed E-state index contributed by atoms with van der Waals surface area (Å²) in [6.07, 6.45) is 9.11. The average molecular weight is 195 g/mol. The highest BCUT2D eigenvalue weighted by atomic mass is 16.5. The second kappa shape index (κ2) is 3.24. The molecule has 0 unspecified atom stereocenters. The number of ether oxygens (including phenoxy) is 1. The Morgan fingerprint density at radius 2 is 2.07 bits per heavy atom. The molecule has 0 bridgehead atoms. The van der Waals surface area contributed by atoms with E-state index in [0.717, 1.165) is 11.3 Å². The van der Waals surface area contributed by atoms with Crippen molar-refractivity contribution < 1.29 is 4.74 Å². The molecule has 2 aliphatic heterocycles. The SMILES string of the molecule is C1=CC2=c3ccccc3=CC=NC2=CO1. The van der Waals surface area contributed by atoms with Crippen molar-refractivity contribution in [2.45, 2.75) is 0 Å². The molecule has 0 atom stereocenters. The van der Waals surface area contributed by atoms with Gasteiger partial charge in [-0.25, -0.2) is 0 Å². The molecule has 2 aliphatic rings. The molecule has 1 aromatic carbocycles. The Hall–Kier alpha value is -2.09. The van der Waals surface area contributed by atoms with Gasteiger partial charge < -0.3 is 4.74 Å². The summed E-state index contributed by atoms with van der Waals surface area (Å²) in [4.78, 5) is 4.33. The first-order valence-corrected chi connectivity index (χ1v) is 4.81. The fraction of sp³-hybridized carbons (Fsp3) is 0. The van der Waals surface area contributed by atoms with Crippen LogP contribution in [0.2, 0.25) is 0 Å². The Morgan fingerprint density at radius 3 is 3.07 bits per heavy atom. The molecule has 0 saturated heterocycles. The van der Waals surface area contributed by atoms with E-state index in [9.17, 15) is 0 Å². The third-order valence-electron chi connectivity index (χ3n) is 2.49. The second-order valence-corrected chi connectivity index (χ2v) is 3.39. The Morgan fingerprint density at radius 1 is 1.13 bits per heavy atom. The van der Waals surface area contributed by atoms with Gasteiger partial charge in [0.25, 0.3) is 0 Å². The molecular weight excluding hydrogens is 186 g/mol. The van der Waals surface area contributed by atoms with Gasteiger partial charge in [0.15, 0.2) is 0 Å². The molecule has 15 heavy (non-hydrogen) atoms. The summed E-state index contributed by atoms with van der Waals surface area (Å²) in [5.74, 6) is 0. The molecule has 0 N–H and O–H groups in total. The lowest BCUT2D eigenvalue weighted by atomic mass is 10.1. The lowest BCUT2D eigenvalue weighted by Gasteiger charge is -2.06. The maximum absolute atomic E-state index is 5.12. The Balaban J connectivity index is 2.47. The van der Waals surface area contributed by atoms with Crippen LogP contribution in [0.5, 0.6) is 0 Å². The van der Waals surface area contributed by atoms with E-state index in [1.54, 1.807) is 18.7 Å². The van der Waals surface area contributed by atoms with Crippen LogP contribution in [0.15, 0.2) is 53.6 Å². The van der Waals surface area contributed by atoms with Crippen molar-refractivity contribution in [2.24, 2.45) is 4.99 Å². The van der Waals surface area contributed by atoms with Crippen LogP contribution in [-0.2, 0) is 4.74 Å². The number of benzene rings is 1. The molecule has 2 heterocycles. The average Bonchev–Trinajstić information content (AvgIpc) is 2.48. The molecule has 0 spiro atoms. The van der Waals surface area contributed by atoms with Crippen molar-refractivity contribution in [1.82, 2.24) is 0 Å². The number of hydrogen-bond acceptors (Lipinski definition) is 2. The summed E-state index contributed by atoms with van der Waals surface area (Å²) < 4.78 is 5.12. The van der Waals surface area contributed by atoms with Crippen LogP contribution in [0.4, 0.5) is 0 Å². The van der Waals surface area contributed by atoms with E-state index in [1.165, 1.54) is 10.4 Å². The largest absolute Gasteiger partial charge is 0.470 e. The van der Waals surface area contributed by atoms with Crippen LogP contribution >= 0.6 is 0 Å². The molecule has 0 aliphatic carbocycles. The summed E-state index contributed by atoms with van der Waals surface area (Å²) in [5.41, 5.74) is 1.99. The van der Waals surface area contributed by atoms with E-state index in [2.05, 4.69) is 17.1 Å². The lowest BCUT2D eigenvalue weighted by molar-refractivity contribution is 0.396. The van der Waals surface area contributed by atoms with Gasteiger partial charge in [0.1, 0.15) is 12.0 Å². The summed E-state index contributed by atoms with van der Waals surface area (Å²) in [7, 11) is 0. The number of fused-ring (bicyclic) bond motifs is 2. The molecule has 0 aromatic heterocycles. The van der Waals surface area contributed by atoms with Crippen LogP contribution < -0.4 is 10.4 Å². The van der Waals surface area contributed by atoms with Gasteiger partial charge in [0.2, 0.25) is 0 Å². The van der Waals surface area contributed by atoms with E-state index in [4.69, 9.17) is 4.74 Å². The first-order valence-electron chi connectivity index (χ1n) is 4.81. The zero-order chi connectivity index (χ0) is 10.1. The number of nitrogens with zero attached hydrogens (tertiary/aromatic N) is 1. The third kappa shape index (κ3) is 1.31. The zero-order valence-electron chi connectivity index (χ0n) is 8.05. The predicted molar refractivity (Wildman–Crippen MR) is 60.4 cm³/mol. The van der Waals surface area contributed by atoms with Crippen LogP contribution in [0, 0.1) is 0 Å². The molecule has 0 saturated carbocycles. The van der Waals surface area contributed by atoms with Crippen LogP contribution in [0.1, 0.15) is 0 Å². The fourth-order valence-electron chi connectivity index (χ4n) is 1.77. The van der Waals surface area contributed by atoms with E-state index in [0.29, 0.717) is 0 Å². The number of rotatable bonds is 0. The van der Waals surface area contributed by atoms with Gasteiger partial charge in [-0.15, -0.1) is 0 Å². The van der Waals surface area contributed by atoms with Crippen molar-refractivity contribution in [3.05, 3.63) is 59.0 Å². The molecule has 0 amide bonds. The summed E-state index contributed by atoms with van der Waals surface area (Å²) in [5, 5.41) is 2.38. The van der Waals surface area contributed by atoms with Gasteiger partial charge in [-0.2, -0.15) is 0 Å². The first kappa shape index (κ1) is 8.24. The van der Waals surface area contributed by atoms with Gasteiger partial charge in [0.05, 0.1) is 6.26 Å². The summed E-state index contributed by atoms with van der Waals surface area (Å²) in [6, 6.07) is 8.24. The van der Waals surface area contributed by atoms with Crippen molar-refractivity contribution >= 4 is 17.9 Å². The van der Waals surface area contributed by atoms with Crippen molar-refractivity contribution in [1.29, 1.82) is 0 Å². The Labute approximate surface area is 87.2 Å². The Kier molecular flexibility index (Phi) is 1.78. The van der Waals surface area contributed by atoms with Gasteiger partial charge in [-0.1, -0.05) is 24.3 Å². The topological polar surface area (TPSA) is 21.6 Å². The molecule has 2 heteroatoms. The smallest absolute Gasteiger partial charge is 0.116 e. The fourth-order valence-corrected chi connectivity index (χ4v) is 1.77. The maximum atomic E-state index is 5.12. The van der Waals surface area contributed by atoms with E-state index >= 15 is 0 Å². The zero-order valence-corrected chi connectivity index (χ0v) is 8.05. The third-order valence-corrected chi connectivity index (χ3v) is 2.49. The predicted octanol–water partition coefficient (Wildman–Crippen LogP) is 1.09. The van der Waals surface area contributed by atoms with Gasteiger partial charge in [-0.3, -0.25) is 4.99 Å². The summed E-state index contributed by atoms with van der Waals surface area (Å²) >= 11 is 0.